The molecule has 0 spiro atoms. The van der Waals surface area contributed by atoms with Crippen molar-refractivity contribution in [3.8, 4) is 0 Å². The minimum atomic E-state index is -3.54. The Labute approximate surface area is 178 Å². The molecule has 1 amide bonds. The van der Waals surface area contributed by atoms with Gasteiger partial charge in [0.2, 0.25) is 10.0 Å². The molecule has 0 aliphatic carbocycles. The van der Waals surface area contributed by atoms with Crippen molar-refractivity contribution in [1.82, 2.24) is 4.31 Å². The smallest absolute Gasteiger partial charge is 0.338 e. The summed E-state index contributed by atoms with van der Waals surface area (Å²) in [6.07, 6.45) is 1.70. The number of amides is 1. The number of nitrogens with zero attached hydrogens (tertiary/aromatic N) is 1. The number of ether oxygens (including phenoxy) is 1. The number of halogens is 1. The SMILES string of the molecule is Cc1ccc(NC(=O)COC(=O)c2ccc(S(=O)(=O)N3CCCC3)cc2)c(Br)c1. The third-order valence-corrected chi connectivity index (χ3v) is 7.09. The number of carbonyl (C=O) groups is 2. The van der Waals surface area contributed by atoms with Crippen molar-refractivity contribution < 1.29 is 22.7 Å². The molecule has 29 heavy (non-hydrogen) atoms. The summed E-state index contributed by atoms with van der Waals surface area (Å²) in [6, 6.07) is 11.0. The fourth-order valence-corrected chi connectivity index (χ4v) is 5.07. The Morgan fingerprint density at radius 3 is 2.38 bits per heavy atom. The number of rotatable bonds is 6. The van der Waals surface area contributed by atoms with E-state index in [1.54, 1.807) is 6.07 Å². The second-order valence-corrected chi connectivity index (χ2v) is 9.54. The molecule has 7 nitrogen and oxygen atoms in total. The number of aryl methyl sites for hydroxylation is 1. The number of hydrogen-bond acceptors (Lipinski definition) is 5. The van der Waals surface area contributed by atoms with Gasteiger partial charge in [-0.1, -0.05) is 6.07 Å². The normalized spacial score (nSPS) is 14.6. The van der Waals surface area contributed by atoms with E-state index in [4.69, 9.17) is 4.74 Å². The van der Waals surface area contributed by atoms with Gasteiger partial charge in [0.15, 0.2) is 6.61 Å². The number of esters is 1. The average molecular weight is 481 g/mol. The van der Waals surface area contributed by atoms with Crippen LogP contribution in [0.4, 0.5) is 5.69 Å². The van der Waals surface area contributed by atoms with Gasteiger partial charge in [-0.05, 0) is 77.7 Å². The summed E-state index contributed by atoms with van der Waals surface area (Å²) in [4.78, 5) is 24.3. The van der Waals surface area contributed by atoms with Gasteiger partial charge < -0.3 is 10.1 Å². The lowest BCUT2D eigenvalue weighted by Gasteiger charge is -2.15. The van der Waals surface area contributed by atoms with Crippen LogP contribution in [0, 0.1) is 6.92 Å². The molecule has 1 aliphatic rings. The zero-order chi connectivity index (χ0) is 21.0. The predicted molar refractivity (Wildman–Crippen MR) is 112 cm³/mol. The molecule has 3 rings (SSSR count). The molecule has 0 bridgehead atoms. The van der Waals surface area contributed by atoms with Crippen molar-refractivity contribution in [3.63, 3.8) is 0 Å². The lowest BCUT2D eigenvalue weighted by molar-refractivity contribution is -0.119. The van der Waals surface area contributed by atoms with Gasteiger partial charge in [-0.15, -0.1) is 0 Å². The van der Waals surface area contributed by atoms with Crippen LogP contribution < -0.4 is 5.32 Å². The van der Waals surface area contributed by atoms with Crippen molar-refractivity contribution in [1.29, 1.82) is 0 Å². The summed E-state index contributed by atoms with van der Waals surface area (Å²) >= 11 is 3.36. The van der Waals surface area contributed by atoms with E-state index in [2.05, 4.69) is 21.2 Å². The molecule has 2 aromatic carbocycles. The molecule has 1 fully saturated rings. The second kappa shape index (κ2) is 9.06. The maximum absolute atomic E-state index is 12.5. The quantitative estimate of drug-likeness (QED) is 0.639. The molecule has 1 heterocycles. The topological polar surface area (TPSA) is 92.8 Å². The Hall–Kier alpha value is -2.23. The fraction of sp³-hybridized carbons (Fsp3) is 0.300. The minimum absolute atomic E-state index is 0.137. The third-order valence-electron chi connectivity index (χ3n) is 4.53. The van der Waals surface area contributed by atoms with Gasteiger partial charge in [-0.25, -0.2) is 13.2 Å². The zero-order valence-corrected chi connectivity index (χ0v) is 18.3. The van der Waals surface area contributed by atoms with Gasteiger partial charge in [0, 0.05) is 17.6 Å². The maximum atomic E-state index is 12.5. The molecule has 0 aromatic heterocycles. The first-order chi connectivity index (χ1) is 13.8. The monoisotopic (exact) mass is 480 g/mol. The van der Waals surface area contributed by atoms with E-state index in [0.717, 1.165) is 22.9 Å². The molecule has 2 aromatic rings. The molecule has 0 atom stereocenters. The molecule has 0 radical (unpaired) electrons. The van der Waals surface area contributed by atoms with E-state index in [1.165, 1.54) is 28.6 Å². The first-order valence-corrected chi connectivity index (χ1v) is 11.3. The lowest BCUT2D eigenvalue weighted by Crippen LogP contribution is -2.27. The fourth-order valence-electron chi connectivity index (χ4n) is 2.96. The number of sulfonamides is 1. The number of hydrogen-bond donors (Lipinski definition) is 1. The zero-order valence-electron chi connectivity index (χ0n) is 15.9. The van der Waals surface area contributed by atoms with Crippen molar-refractivity contribution >= 4 is 43.5 Å². The summed E-state index contributed by atoms with van der Waals surface area (Å²) in [7, 11) is -3.54. The predicted octanol–water partition coefficient (Wildman–Crippen LogP) is 3.34. The molecule has 1 N–H and O–H groups in total. The van der Waals surface area contributed by atoms with Crippen LogP contribution in [-0.2, 0) is 19.6 Å². The molecule has 1 aliphatic heterocycles. The Kier molecular flexibility index (Phi) is 6.71. The number of nitrogens with one attached hydrogen (secondary N) is 1. The van der Waals surface area contributed by atoms with E-state index < -0.39 is 28.5 Å². The highest BCUT2D eigenvalue weighted by atomic mass is 79.9. The first-order valence-electron chi connectivity index (χ1n) is 9.11. The van der Waals surface area contributed by atoms with E-state index >= 15 is 0 Å². The van der Waals surface area contributed by atoms with Crippen LogP contribution in [0.1, 0.15) is 28.8 Å². The molecule has 0 saturated carbocycles. The van der Waals surface area contributed by atoms with Crippen molar-refractivity contribution in [2.75, 3.05) is 25.0 Å². The summed E-state index contributed by atoms with van der Waals surface area (Å²) < 4.78 is 32.2. The van der Waals surface area contributed by atoms with Crippen LogP contribution in [0.3, 0.4) is 0 Å². The molecular weight excluding hydrogens is 460 g/mol. The number of anilines is 1. The standard InChI is InChI=1S/C20H21BrN2O5S/c1-14-4-9-18(17(21)12-14)22-19(24)13-28-20(25)15-5-7-16(8-6-15)29(26,27)23-10-2-3-11-23/h4-9,12H,2-3,10-11,13H2,1H3,(H,22,24). The van der Waals surface area contributed by atoms with Gasteiger partial charge >= 0.3 is 5.97 Å². The summed E-state index contributed by atoms with van der Waals surface area (Å²) in [6.45, 7) is 2.50. The van der Waals surface area contributed by atoms with Crippen LogP contribution in [-0.4, -0.2) is 44.3 Å². The van der Waals surface area contributed by atoms with Crippen LogP contribution in [0.5, 0.6) is 0 Å². The Bertz CT molecular complexity index is 1020. The van der Waals surface area contributed by atoms with Crippen LogP contribution in [0.15, 0.2) is 51.8 Å². The molecule has 9 heteroatoms. The van der Waals surface area contributed by atoms with E-state index in [1.807, 2.05) is 19.1 Å². The van der Waals surface area contributed by atoms with Crippen molar-refractivity contribution in [2.24, 2.45) is 0 Å². The van der Waals surface area contributed by atoms with Gasteiger partial charge in [0.25, 0.3) is 5.91 Å². The number of benzene rings is 2. The van der Waals surface area contributed by atoms with E-state index in [-0.39, 0.29) is 10.5 Å². The van der Waals surface area contributed by atoms with Gasteiger partial charge in [0.1, 0.15) is 0 Å². The Morgan fingerprint density at radius 2 is 1.76 bits per heavy atom. The van der Waals surface area contributed by atoms with E-state index in [9.17, 15) is 18.0 Å². The van der Waals surface area contributed by atoms with Gasteiger partial charge in [-0.2, -0.15) is 4.31 Å². The molecule has 0 unspecified atom stereocenters. The van der Waals surface area contributed by atoms with Crippen LogP contribution in [0.2, 0.25) is 0 Å². The lowest BCUT2D eigenvalue weighted by atomic mass is 10.2. The third kappa shape index (κ3) is 5.23. The first kappa shape index (κ1) is 21.5. The van der Waals surface area contributed by atoms with Crippen molar-refractivity contribution in [2.45, 2.75) is 24.7 Å². The summed E-state index contributed by atoms with van der Waals surface area (Å²) in [5.41, 5.74) is 1.79. The van der Waals surface area contributed by atoms with Crippen LogP contribution in [0.25, 0.3) is 0 Å². The molecule has 1 saturated heterocycles. The second-order valence-electron chi connectivity index (χ2n) is 6.74. The van der Waals surface area contributed by atoms with Gasteiger partial charge in [-0.3, -0.25) is 4.79 Å². The summed E-state index contributed by atoms with van der Waals surface area (Å²) in [5, 5.41) is 2.66. The average Bonchev–Trinajstić information content (AvgIpc) is 3.24. The molecule has 154 valence electrons. The Morgan fingerprint density at radius 1 is 1.10 bits per heavy atom. The minimum Gasteiger partial charge on any atom is -0.452 e. The largest absolute Gasteiger partial charge is 0.452 e. The maximum Gasteiger partial charge on any atom is 0.338 e. The highest BCUT2D eigenvalue weighted by Gasteiger charge is 2.27. The van der Waals surface area contributed by atoms with Crippen LogP contribution >= 0.6 is 15.9 Å². The molecular formula is C20H21BrN2O5S. The highest BCUT2D eigenvalue weighted by molar-refractivity contribution is 9.10. The number of carbonyl (C=O) groups excluding carboxylic acids is 2. The van der Waals surface area contributed by atoms with E-state index in [0.29, 0.717) is 18.8 Å². The summed E-state index contributed by atoms with van der Waals surface area (Å²) in [5.74, 6) is -1.18. The Balaban J connectivity index is 1.57. The van der Waals surface area contributed by atoms with Crippen molar-refractivity contribution in [3.05, 3.63) is 58.1 Å². The van der Waals surface area contributed by atoms with Gasteiger partial charge in [0.05, 0.1) is 16.1 Å². The highest BCUT2D eigenvalue weighted by Crippen LogP contribution is 2.23.